The molecule has 1 N–H and O–H groups in total. The summed E-state index contributed by atoms with van der Waals surface area (Å²) < 4.78 is 15.8. The maximum absolute atomic E-state index is 13.7. The minimum atomic E-state index is -0.434. The van der Waals surface area contributed by atoms with Gasteiger partial charge in [0.2, 0.25) is 0 Å². The van der Waals surface area contributed by atoms with Crippen LogP contribution in [0.4, 0.5) is 4.39 Å². The number of thiocarbonyl (C=S) groups is 1. The van der Waals surface area contributed by atoms with Gasteiger partial charge in [-0.05, 0) is 68.8 Å². The molecule has 0 saturated carbocycles. The molecular formula is C22H23ClFN5S. The number of nitrogens with one attached hydrogen (secondary N) is 1. The van der Waals surface area contributed by atoms with Crippen molar-refractivity contribution >= 4 is 28.9 Å². The highest BCUT2D eigenvalue weighted by Crippen LogP contribution is 2.39. The molecule has 1 fully saturated rings. The Bertz CT molecular complexity index is 1040. The molecule has 0 bridgehead atoms. The van der Waals surface area contributed by atoms with Crippen LogP contribution in [0.25, 0.3) is 5.69 Å². The predicted molar refractivity (Wildman–Crippen MR) is 121 cm³/mol. The van der Waals surface area contributed by atoms with E-state index in [1.807, 2.05) is 49.1 Å². The van der Waals surface area contributed by atoms with Crippen molar-refractivity contribution in [1.29, 1.82) is 0 Å². The van der Waals surface area contributed by atoms with E-state index in [1.54, 1.807) is 18.3 Å². The Morgan fingerprint density at radius 3 is 2.73 bits per heavy atom. The number of nitrogens with zero attached hydrogens (tertiary/aromatic N) is 4. The molecule has 0 spiro atoms. The number of hydrogen-bond donors (Lipinski definition) is 1. The van der Waals surface area contributed by atoms with Gasteiger partial charge in [0.05, 0.1) is 22.8 Å². The highest BCUT2D eigenvalue weighted by Gasteiger charge is 2.41. The van der Waals surface area contributed by atoms with Gasteiger partial charge in [0, 0.05) is 36.9 Å². The second kappa shape index (κ2) is 8.71. The molecule has 8 heteroatoms. The molecule has 30 heavy (non-hydrogen) atoms. The molecule has 3 aromatic rings. The van der Waals surface area contributed by atoms with Gasteiger partial charge >= 0.3 is 0 Å². The third-order valence-electron chi connectivity index (χ3n) is 5.25. The summed E-state index contributed by atoms with van der Waals surface area (Å²) in [5.74, 6) is -0.434. The number of benzene rings is 1. The topological polar surface area (TPSA) is 36.3 Å². The summed E-state index contributed by atoms with van der Waals surface area (Å²) in [6, 6.07) is 14.5. The van der Waals surface area contributed by atoms with Crippen LogP contribution in [0.3, 0.4) is 0 Å². The molecule has 5 nitrogen and oxygen atoms in total. The first-order valence-electron chi connectivity index (χ1n) is 9.71. The molecule has 0 aliphatic carbocycles. The number of aromatic nitrogens is 2. The molecule has 2 atom stereocenters. The lowest BCUT2D eigenvalue weighted by Crippen LogP contribution is -2.36. The molecule has 0 unspecified atom stereocenters. The lowest BCUT2D eigenvalue weighted by molar-refractivity contribution is 0.272. The van der Waals surface area contributed by atoms with Gasteiger partial charge in [-0.15, -0.1) is 0 Å². The minimum absolute atomic E-state index is 0.0776. The number of likely N-dealkylation sites (N-methyl/N-ethyl adjacent to an activating group) is 1. The Hall–Kier alpha value is -2.48. The van der Waals surface area contributed by atoms with Gasteiger partial charge in [-0.1, -0.05) is 17.7 Å². The van der Waals surface area contributed by atoms with Crippen molar-refractivity contribution in [3.8, 4) is 5.69 Å². The van der Waals surface area contributed by atoms with Gasteiger partial charge in [0.15, 0.2) is 5.11 Å². The molecule has 0 amide bonds. The van der Waals surface area contributed by atoms with E-state index in [1.165, 1.54) is 6.07 Å². The SMILES string of the molecule is CN(C)CCN1C(=S)N[C@H](c2ccccn2)[C@H]1c1cccn1-c1ccc(F)c(Cl)c1. The highest BCUT2D eigenvalue weighted by molar-refractivity contribution is 7.80. The molecule has 0 radical (unpaired) electrons. The van der Waals surface area contributed by atoms with Crippen LogP contribution in [-0.2, 0) is 0 Å². The third-order valence-corrected chi connectivity index (χ3v) is 5.89. The largest absolute Gasteiger partial charge is 0.352 e. The second-order valence-electron chi connectivity index (χ2n) is 7.52. The molecule has 4 rings (SSSR count). The molecular weight excluding hydrogens is 421 g/mol. The van der Waals surface area contributed by atoms with Crippen LogP contribution in [0.15, 0.2) is 60.9 Å². The summed E-state index contributed by atoms with van der Waals surface area (Å²) in [4.78, 5) is 8.91. The monoisotopic (exact) mass is 443 g/mol. The van der Waals surface area contributed by atoms with Crippen molar-refractivity contribution in [1.82, 2.24) is 24.7 Å². The maximum atomic E-state index is 13.7. The fourth-order valence-corrected chi connectivity index (χ4v) is 4.29. The molecule has 1 aliphatic rings. The van der Waals surface area contributed by atoms with Crippen molar-refractivity contribution in [2.75, 3.05) is 27.2 Å². The smallest absolute Gasteiger partial charge is 0.170 e. The van der Waals surface area contributed by atoms with Crippen LogP contribution < -0.4 is 5.32 Å². The first-order valence-corrected chi connectivity index (χ1v) is 10.5. The number of rotatable bonds is 6. The molecule has 3 heterocycles. The van der Waals surface area contributed by atoms with Gasteiger partial charge < -0.3 is 19.7 Å². The van der Waals surface area contributed by atoms with E-state index in [9.17, 15) is 4.39 Å². The molecule has 156 valence electrons. The Kier molecular flexibility index (Phi) is 6.04. The lowest BCUT2D eigenvalue weighted by atomic mass is 10.0. The minimum Gasteiger partial charge on any atom is -0.352 e. The zero-order valence-corrected chi connectivity index (χ0v) is 18.4. The van der Waals surface area contributed by atoms with E-state index in [2.05, 4.69) is 26.2 Å². The van der Waals surface area contributed by atoms with Crippen LogP contribution in [0.5, 0.6) is 0 Å². The van der Waals surface area contributed by atoms with Crippen LogP contribution >= 0.6 is 23.8 Å². The molecule has 1 aliphatic heterocycles. The lowest BCUT2D eigenvalue weighted by Gasteiger charge is -2.29. The Morgan fingerprint density at radius 2 is 2.03 bits per heavy atom. The standard InChI is InChI=1S/C22H23ClFN5S/c1-27(2)12-13-29-21(20(26-22(29)30)18-6-3-4-10-25-18)19-7-5-11-28(19)15-8-9-17(24)16(23)14-15/h3-11,14,20-21H,12-13H2,1-2H3,(H,26,30)/t20-,21-/m1/s1. The van der Waals surface area contributed by atoms with Crippen LogP contribution in [0, 0.1) is 5.82 Å². The zero-order valence-electron chi connectivity index (χ0n) is 16.8. The summed E-state index contributed by atoms with van der Waals surface area (Å²) in [7, 11) is 4.09. The van der Waals surface area contributed by atoms with Crippen molar-refractivity contribution in [2.45, 2.75) is 12.1 Å². The number of hydrogen-bond acceptors (Lipinski definition) is 3. The summed E-state index contributed by atoms with van der Waals surface area (Å²) in [5, 5.41) is 4.25. The van der Waals surface area contributed by atoms with Crippen molar-refractivity contribution in [3.05, 3.63) is 83.2 Å². The fraction of sp³-hybridized carbons (Fsp3) is 0.273. The van der Waals surface area contributed by atoms with Crippen molar-refractivity contribution < 1.29 is 4.39 Å². The van der Waals surface area contributed by atoms with E-state index in [0.717, 1.165) is 30.2 Å². The fourth-order valence-electron chi connectivity index (χ4n) is 3.78. The molecule has 2 aromatic heterocycles. The van der Waals surface area contributed by atoms with Crippen molar-refractivity contribution in [3.63, 3.8) is 0 Å². The van der Waals surface area contributed by atoms with Gasteiger partial charge in [-0.2, -0.15) is 0 Å². The summed E-state index contributed by atoms with van der Waals surface area (Å²) >= 11 is 11.8. The number of pyridine rings is 1. The quantitative estimate of drug-likeness (QED) is 0.578. The van der Waals surface area contributed by atoms with Crippen molar-refractivity contribution in [2.24, 2.45) is 0 Å². The molecule has 1 saturated heterocycles. The Morgan fingerprint density at radius 1 is 1.20 bits per heavy atom. The maximum Gasteiger partial charge on any atom is 0.170 e. The highest BCUT2D eigenvalue weighted by atomic mass is 35.5. The average Bonchev–Trinajstić information content (AvgIpc) is 3.33. The zero-order chi connectivity index (χ0) is 21.3. The first kappa shape index (κ1) is 20.8. The predicted octanol–water partition coefficient (Wildman–Crippen LogP) is 4.20. The van der Waals surface area contributed by atoms with E-state index in [4.69, 9.17) is 23.8 Å². The van der Waals surface area contributed by atoms with Crippen LogP contribution in [0.2, 0.25) is 5.02 Å². The van der Waals surface area contributed by atoms with Gasteiger partial charge in [-0.25, -0.2) is 4.39 Å². The van der Waals surface area contributed by atoms with E-state index in [0.29, 0.717) is 5.11 Å². The van der Waals surface area contributed by atoms with Crippen LogP contribution in [0.1, 0.15) is 23.5 Å². The van der Waals surface area contributed by atoms with E-state index < -0.39 is 5.82 Å². The third kappa shape index (κ3) is 4.05. The summed E-state index contributed by atoms with van der Waals surface area (Å²) in [6.45, 7) is 1.62. The molecule has 1 aromatic carbocycles. The Balaban J connectivity index is 1.78. The van der Waals surface area contributed by atoms with Gasteiger partial charge in [-0.3, -0.25) is 4.98 Å². The number of halogens is 2. The summed E-state index contributed by atoms with van der Waals surface area (Å²) in [6.07, 6.45) is 3.75. The van der Waals surface area contributed by atoms with Crippen LogP contribution in [-0.4, -0.2) is 51.6 Å². The summed E-state index contributed by atoms with van der Waals surface area (Å²) in [5.41, 5.74) is 2.74. The van der Waals surface area contributed by atoms with Gasteiger partial charge in [0.1, 0.15) is 5.82 Å². The second-order valence-corrected chi connectivity index (χ2v) is 8.32. The normalized spacial score (nSPS) is 18.8. The average molecular weight is 444 g/mol. The van der Waals surface area contributed by atoms with E-state index in [-0.39, 0.29) is 17.1 Å². The first-order chi connectivity index (χ1) is 14.5. The Labute approximate surface area is 186 Å². The van der Waals surface area contributed by atoms with E-state index >= 15 is 0 Å². The van der Waals surface area contributed by atoms with Gasteiger partial charge in [0.25, 0.3) is 0 Å².